The maximum Gasteiger partial charge on any atom is 0.246 e. The molecule has 0 aromatic heterocycles. The van der Waals surface area contributed by atoms with Crippen LogP contribution < -0.4 is 10.6 Å². The van der Waals surface area contributed by atoms with Gasteiger partial charge in [-0.2, -0.15) is 4.31 Å². The number of carbonyl (C=O) groups excluding carboxylic acids is 1. The molecule has 0 saturated carbocycles. The third-order valence-electron chi connectivity index (χ3n) is 4.77. The molecule has 1 saturated heterocycles. The Bertz CT molecular complexity index is 955. The van der Waals surface area contributed by atoms with Crippen molar-refractivity contribution in [3.63, 3.8) is 0 Å². The van der Waals surface area contributed by atoms with Gasteiger partial charge in [0.1, 0.15) is 11.9 Å². The Balaban J connectivity index is 1.62. The van der Waals surface area contributed by atoms with Gasteiger partial charge in [-0.15, -0.1) is 0 Å². The summed E-state index contributed by atoms with van der Waals surface area (Å²) >= 11 is 0. The molecule has 0 bridgehead atoms. The second-order valence-electron chi connectivity index (χ2n) is 6.95. The highest BCUT2D eigenvalue weighted by atomic mass is 32.2. The smallest absolute Gasteiger partial charge is 0.246 e. The first-order valence-corrected chi connectivity index (χ1v) is 10.6. The van der Waals surface area contributed by atoms with Crippen LogP contribution in [0, 0.1) is 12.7 Å². The lowest BCUT2D eigenvalue weighted by Crippen LogP contribution is -2.32. The highest BCUT2D eigenvalue weighted by molar-refractivity contribution is 7.89. The summed E-state index contributed by atoms with van der Waals surface area (Å²) in [5.74, 6) is -0.649. The van der Waals surface area contributed by atoms with Gasteiger partial charge in [0.25, 0.3) is 0 Å². The van der Waals surface area contributed by atoms with Gasteiger partial charge in [0, 0.05) is 24.5 Å². The van der Waals surface area contributed by atoms with Crippen LogP contribution in [0.2, 0.25) is 0 Å². The quantitative estimate of drug-likeness (QED) is 0.773. The van der Waals surface area contributed by atoms with E-state index in [9.17, 15) is 17.6 Å². The first kappa shape index (κ1) is 20.3. The number of sulfonamides is 1. The molecule has 2 aromatic rings. The summed E-state index contributed by atoms with van der Waals surface area (Å²) in [6.07, 6.45) is 1.76. The second kappa shape index (κ2) is 8.28. The predicted molar refractivity (Wildman–Crippen MR) is 107 cm³/mol. The average molecular weight is 405 g/mol. The van der Waals surface area contributed by atoms with E-state index in [1.165, 1.54) is 22.5 Å². The minimum Gasteiger partial charge on any atom is -0.374 e. The van der Waals surface area contributed by atoms with Crippen molar-refractivity contribution in [3.8, 4) is 0 Å². The molecule has 0 aliphatic carbocycles. The van der Waals surface area contributed by atoms with Crippen LogP contribution in [0.3, 0.4) is 0 Å². The van der Waals surface area contributed by atoms with Crippen molar-refractivity contribution in [1.82, 2.24) is 4.31 Å². The zero-order chi connectivity index (χ0) is 20.3. The van der Waals surface area contributed by atoms with Crippen LogP contribution in [0.1, 0.15) is 25.3 Å². The van der Waals surface area contributed by atoms with Gasteiger partial charge in [0.2, 0.25) is 15.9 Å². The van der Waals surface area contributed by atoms with Gasteiger partial charge in [0.05, 0.1) is 4.90 Å². The molecule has 28 heavy (non-hydrogen) atoms. The summed E-state index contributed by atoms with van der Waals surface area (Å²) in [6, 6.07) is 10.2. The number of halogens is 1. The van der Waals surface area contributed by atoms with E-state index in [1.54, 1.807) is 38.1 Å². The van der Waals surface area contributed by atoms with Crippen LogP contribution in [0.4, 0.5) is 15.8 Å². The number of amides is 1. The maximum absolute atomic E-state index is 13.6. The fraction of sp³-hybridized carbons (Fsp3) is 0.350. The molecule has 0 radical (unpaired) electrons. The summed E-state index contributed by atoms with van der Waals surface area (Å²) in [5.41, 5.74) is 1.54. The number of nitrogens with zero attached hydrogens (tertiary/aromatic N) is 1. The molecule has 8 heteroatoms. The summed E-state index contributed by atoms with van der Waals surface area (Å²) in [4.78, 5) is 12.6. The molecule has 1 fully saturated rings. The zero-order valence-electron chi connectivity index (χ0n) is 15.9. The molecule has 3 rings (SSSR count). The first-order valence-electron chi connectivity index (χ1n) is 9.21. The van der Waals surface area contributed by atoms with Crippen molar-refractivity contribution in [1.29, 1.82) is 0 Å². The molecule has 6 nitrogen and oxygen atoms in total. The van der Waals surface area contributed by atoms with Crippen molar-refractivity contribution in [2.45, 2.75) is 37.6 Å². The van der Waals surface area contributed by atoms with Crippen LogP contribution in [0.5, 0.6) is 0 Å². The third kappa shape index (κ3) is 4.51. The van der Waals surface area contributed by atoms with Crippen LogP contribution in [-0.2, 0) is 14.8 Å². The summed E-state index contributed by atoms with van der Waals surface area (Å²) in [7, 11) is -3.48. The molecule has 2 N–H and O–H groups in total. The Morgan fingerprint density at radius 1 is 1.07 bits per heavy atom. The number of aryl methyl sites for hydroxylation is 1. The topological polar surface area (TPSA) is 78.5 Å². The Kier molecular flexibility index (Phi) is 6.00. The molecule has 1 atom stereocenters. The lowest BCUT2D eigenvalue weighted by atomic mass is 10.2. The SMILES string of the molecule is Cc1ccc(N[C@H](C)C(=O)Nc2ccc(S(=O)(=O)N3CCCC3)cc2)cc1F. The number of hydrogen-bond acceptors (Lipinski definition) is 4. The Morgan fingerprint density at radius 3 is 2.29 bits per heavy atom. The molecule has 2 aromatic carbocycles. The van der Waals surface area contributed by atoms with Crippen molar-refractivity contribution >= 4 is 27.3 Å². The van der Waals surface area contributed by atoms with Crippen LogP contribution in [-0.4, -0.2) is 37.8 Å². The van der Waals surface area contributed by atoms with E-state index in [4.69, 9.17) is 0 Å². The highest BCUT2D eigenvalue weighted by Crippen LogP contribution is 2.22. The molecule has 0 unspecified atom stereocenters. The molecule has 1 aliphatic rings. The first-order chi connectivity index (χ1) is 13.3. The fourth-order valence-corrected chi connectivity index (χ4v) is 4.55. The number of nitrogens with one attached hydrogen (secondary N) is 2. The number of hydrogen-bond donors (Lipinski definition) is 2. The second-order valence-corrected chi connectivity index (χ2v) is 8.89. The number of anilines is 2. The van der Waals surface area contributed by atoms with E-state index < -0.39 is 16.1 Å². The molecule has 0 spiro atoms. The number of benzene rings is 2. The molecule has 150 valence electrons. The van der Waals surface area contributed by atoms with Crippen molar-refractivity contribution in [2.24, 2.45) is 0 Å². The summed E-state index contributed by atoms with van der Waals surface area (Å²) < 4.78 is 40.2. The standard InChI is InChI=1S/C20H24FN3O3S/c1-14-5-6-17(13-19(14)21)22-15(2)20(25)23-16-7-9-18(10-8-16)28(26,27)24-11-3-4-12-24/h5-10,13,15,22H,3-4,11-12H2,1-2H3,(H,23,25)/t15-/m1/s1. The van der Waals surface area contributed by atoms with E-state index in [1.807, 2.05) is 0 Å². The van der Waals surface area contributed by atoms with Crippen LogP contribution in [0.15, 0.2) is 47.4 Å². The molecular weight excluding hydrogens is 381 g/mol. The predicted octanol–water partition coefficient (Wildman–Crippen LogP) is 3.36. The van der Waals surface area contributed by atoms with Crippen LogP contribution in [0.25, 0.3) is 0 Å². The summed E-state index contributed by atoms with van der Waals surface area (Å²) in [5, 5.41) is 5.68. The lowest BCUT2D eigenvalue weighted by molar-refractivity contribution is -0.116. The van der Waals surface area contributed by atoms with Crippen LogP contribution >= 0.6 is 0 Å². The van der Waals surface area contributed by atoms with Gasteiger partial charge in [-0.1, -0.05) is 6.07 Å². The molecule has 1 aliphatic heterocycles. The van der Waals surface area contributed by atoms with Gasteiger partial charge >= 0.3 is 0 Å². The minimum absolute atomic E-state index is 0.216. The molecule has 1 amide bonds. The van der Waals surface area contributed by atoms with Gasteiger partial charge < -0.3 is 10.6 Å². The molecule has 1 heterocycles. The van der Waals surface area contributed by atoms with E-state index in [0.29, 0.717) is 30.0 Å². The van der Waals surface area contributed by atoms with Crippen molar-refractivity contribution in [2.75, 3.05) is 23.7 Å². The normalized spacial score (nSPS) is 16.0. The number of carbonyl (C=O) groups is 1. The highest BCUT2D eigenvalue weighted by Gasteiger charge is 2.27. The van der Waals surface area contributed by atoms with E-state index in [0.717, 1.165) is 12.8 Å². The number of rotatable bonds is 6. The third-order valence-corrected chi connectivity index (χ3v) is 6.69. The van der Waals surface area contributed by atoms with E-state index >= 15 is 0 Å². The maximum atomic E-state index is 13.6. The Hall–Kier alpha value is -2.45. The van der Waals surface area contributed by atoms with Crippen molar-refractivity contribution in [3.05, 3.63) is 53.8 Å². The van der Waals surface area contributed by atoms with E-state index in [-0.39, 0.29) is 16.6 Å². The Morgan fingerprint density at radius 2 is 1.68 bits per heavy atom. The summed E-state index contributed by atoms with van der Waals surface area (Å²) in [6.45, 7) is 4.43. The van der Waals surface area contributed by atoms with E-state index in [2.05, 4.69) is 10.6 Å². The van der Waals surface area contributed by atoms with Gasteiger partial charge in [-0.25, -0.2) is 12.8 Å². The average Bonchev–Trinajstić information content (AvgIpc) is 3.21. The fourth-order valence-electron chi connectivity index (χ4n) is 3.04. The van der Waals surface area contributed by atoms with Gasteiger partial charge in [-0.05, 0) is 68.7 Å². The van der Waals surface area contributed by atoms with Crippen molar-refractivity contribution < 1.29 is 17.6 Å². The Labute approximate surface area is 164 Å². The largest absolute Gasteiger partial charge is 0.374 e. The zero-order valence-corrected chi connectivity index (χ0v) is 16.7. The monoisotopic (exact) mass is 405 g/mol. The van der Waals surface area contributed by atoms with Gasteiger partial charge in [-0.3, -0.25) is 4.79 Å². The molecular formula is C20H24FN3O3S. The minimum atomic E-state index is -3.48. The lowest BCUT2D eigenvalue weighted by Gasteiger charge is -2.17. The van der Waals surface area contributed by atoms with Gasteiger partial charge in [0.15, 0.2) is 0 Å².